The summed E-state index contributed by atoms with van der Waals surface area (Å²) in [5.74, 6) is -3.17. The number of aromatic hydroxyl groups is 1. The van der Waals surface area contributed by atoms with Crippen LogP contribution in [0.4, 0.5) is 0 Å². The largest absolute Gasteiger partial charge is 0.508 e. The highest BCUT2D eigenvalue weighted by atomic mass is 32.2. The molecule has 3 atom stereocenters. The third-order valence-electron chi connectivity index (χ3n) is 3.91. The van der Waals surface area contributed by atoms with Gasteiger partial charge in [-0.15, -0.1) is 0 Å². The van der Waals surface area contributed by atoms with E-state index < -0.39 is 29.0 Å². The third kappa shape index (κ3) is 2.07. The summed E-state index contributed by atoms with van der Waals surface area (Å²) in [6.45, 7) is 0. The van der Waals surface area contributed by atoms with Crippen molar-refractivity contribution in [1.29, 1.82) is 0 Å². The maximum Gasteiger partial charge on any atom is 0.317 e. The summed E-state index contributed by atoms with van der Waals surface area (Å²) < 4.78 is 5.23. The normalized spacial score (nSPS) is 25.0. The number of phenols is 1. The van der Waals surface area contributed by atoms with Crippen molar-refractivity contribution < 1.29 is 24.5 Å². The van der Waals surface area contributed by atoms with Crippen molar-refractivity contribution in [1.82, 2.24) is 4.98 Å². The predicted octanol–water partition coefficient (Wildman–Crippen LogP) is 1.37. The molecule has 0 saturated carbocycles. The Bertz CT molecular complexity index is 901. The third-order valence-corrected chi connectivity index (χ3v) is 6.31. The first-order valence-corrected chi connectivity index (χ1v) is 8.32. The predicted molar refractivity (Wildman–Crippen MR) is 81.3 cm³/mol. The van der Waals surface area contributed by atoms with Crippen LogP contribution in [-0.2, 0) is 9.59 Å². The van der Waals surface area contributed by atoms with Crippen molar-refractivity contribution in [3.63, 3.8) is 0 Å². The molecule has 0 bridgehead atoms. The Kier molecular flexibility index (Phi) is 3.03. The molecule has 4 rings (SSSR count). The number of carboxylic acid groups (broad SMARTS) is 1. The average Bonchev–Trinajstić information content (AvgIpc) is 2.85. The molecule has 0 saturated heterocycles. The fourth-order valence-electron chi connectivity index (χ4n) is 3.00. The molecule has 2 aliphatic heterocycles. The lowest BCUT2D eigenvalue weighted by molar-refractivity contribution is -0.147. The van der Waals surface area contributed by atoms with Crippen molar-refractivity contribution in [3.05, 3.63) is 38.3 Å². The minimum Gasteiger partial charge on any atom is -0.508 e. The lowest BCUT2D eigenvalue weighted by Crippen LogP contribution is -2.44. The van der Waals surface area contributed by atoms with Crippen LogP contribution in [0.1, 0.15) is 16.4 Å². The standard InChI is InChI=1S/C14H9NO6S2/c16-4-1-2-5-6(3-4)21-13(19)8-7(5)9-11(15-14(20)23-9)22-10(8)12(17)18/h1-3,7-8,10,16H,(H,15,20)(H,17,18)/t7-,8+,10+/m1/s1. The zero-order chi connectivity index (χ0) is 16.3. The number of aromatic amines is 1. The number of carbonyl (C=O) groups excluding carboxylic acids is 1. The molecule has 0 amide bonds. The molecule has 9 heteroatoms. The van der Waals surface area contributed by atoms with E-state index in [2.05, 4.69) is 4.98 Å². The summed E-state index contributed by atoms with van der Waals surface area (Å²) in [5, 5.41) is 18.5. The first kappa shape index (κ1) is 14.3. The zero-order valence-electron chi connectivity index (χ0n) is 11.3. The molecule has 2 aromatic rings. The summed E-state index contributed by atoms with van der Waals surface area (Å²) in [7, 11) is 0. The van der Waals surface area contributed by atoms with Gasteiger partial charge in [-0.1, -0.05) is 29.2 Å². The molecule has 3 N–H and O–H groups in total. The Labute approximate surface area is 136 Å². The van der Waals surface area contributed by atoms with Crippen LogP contribution in [0.2, 0.25) is 0 Å². The highest BCUT2D eigenvalue weighted by Crippen LogP contribution is 2.53. The molecule has 3 heterocycles. The van der Waals surface area contributed by atoms with Gasteiger partial charge in [0.1, 0.15) is 16.7 Å². The number of rotatable bonds is 1. The fraction of sp³-hybridized carbons (Fsp3) is 0.214. The number of thioether (sulfide) groups is 1. The summed E-state index contributed by atoms with van der Waals surface area (Å²) >= 11 is 1.92. The number of hydrogen-bond acceptors (Lipinski definition) is 7. The summed E-state index contributed by atoms with van der Waals surface area (Å²) in [5.41, 5.74) is 0.593. The molecule has 118 valence electrons. The smallest absolute Gasteiger partial charge is 0.317 e. The topological polar surface area (TPSA) is 117 Å². The van der Waals surface area contributed by atoms with Gasteiger partial charge in [0, 0.05) is 22.4 Å². The van der Waals surface area contributed by atoms with Gasteiger partial charge in [-0.25, -0.2) is 0 Å². The first-order valence-electron chi connectivity index (χ1n) is 6.63. The summed E-state index contributed by atoms with van der Waals surface area (Å²) in [6, 6.07) is 4.36. The van der Waals surface area contributed by atoms with E-state index in [4.69, 9.17) is 4.74 Å². The van der Waals surface area contributed by atoms with Gasteiger partial charge in [0.05, 0.1) is 10.9 Å². The molecule has 0 fully saturated rings. The molecule has 2 aliphatic rings. The van der Waals surface area contributed by atoms with Gasteiger partial charge in [0.2, 0.25) is 0 Å². The fourth-order valence-corrected chi connectivity index (χ4v) is 5.39. The molecule has 0 spiro atoms. The van der Waals surface area contributed by atoms with Gasteiger partial charge in [-0.3, -0.25) is 14.4 Å². The van der Waals surface area contributed by atoms with E-state index in [9.17, 15) is 24.6 Å². The van der Waals surface area contributed by atoms with Crippen molar-refractivity contribution >= 4 is 35.0 Å². The van der Waals surface area contributed by atoms with Crippen molar-refractivity contribution in [2.24, 2.45) is 5.92 Å². The zero-order valence-corrected chi connectivity index (χ0v) is 12.9. The molecule has 1 aromatic carbocycles. The lowest BCUT2D eigenvalue weighted by atomic mass is 9.80. The highest BCUT2D eigenvalue weighted by molar-refractivity contribution is 8.00. The van der Waals surface area contributed by atoms with E-state index in [0.717, 1.165) is 23.1 Å². The molecule has 1 aromatic heterocycles. The summed E-state index contributed by atoms with van der Waals surface area (Å²) in [6.07, 6.45) is 0. The molecule has 7 nitrogen and oxygen atoms in total. The van der Waals surface area contributed by atoms with Crippen LogP contribution in [0.15, 0.2) is 28.0 Å². The van der Waals surface area contributed by atoms with Crippen LogP contribution < -0.4 is 9.61 Å². The number of aliphatic carboxylic acids is 1. The first-order chi connectivity index (χ1) is 11.0. The number of phenolic OH excluding ortho intramolecular Hbond substituents is 1. The Morgan fingerprint density at radius 1 is 1.30 bits per heavy atom. The maximum absolute atomic E-state index is 12.4. The minimum atomic E-state index is -1.14. The second-order valence-electron chi connectivity index (χ2n) is 5.23. The van der Waals surface area contributed by atoms with Crippen LogP contribution in [0.3, 0.4) is 0 Å². The SMILES string of the molecule is O=C1Oc2cc(O)ccc2[C@H]2c3sc(=O)[nH]c3S[C@H](C(=O)O)[C@@H]12. The van der Waals surface area contributed by atoms with E-state index >= 15 is 0 Å². The number of thiazole rings is 1. The highest BCUT2D eigenvalue weighted by Gasteiger charge is 2.51. The summed E-state index contributed by atoms with van der Waals surface area (Å²) in [4.78, 5) is 38.6. The number of hydrogen-bond donors (Lipinski definition) is 3. The van der Waals surface area contributed by atoms with Gasteiger partial charge < -0.3 is 19.9 Å². The quantitative estimate of drug-likeness (QED) is 0.525. The van der Waals surface area contributed by atoms with E-state index in [1.54, 1.807) is 6.07 Å². The molecular formula is C14H9NO6S2. The number of H-pyrrole nitrogens is 1. The van der Waals surface area contributed by atoms with Gasteiger partial charge in [-0.05, 0) is 6.07 Å². The number of ether oxygens (including phenoxy) is 1. The number of esters is 1. The number of carbonyl (C=O) groups is 2. The molecule has 23 heavy (non-hydrogen) atoms. The van der Waals surface area contributed by atoms with Crippen LogP contribution >= 0.6 is 23.1 Å². The second-order valence-corrected chi connectivity index (χ2v) is 7.40. The minimum absolute atomic E-state index is 0.0579. The molecular weight excluding hydrogens is 342 g/mol. The van der Waals surface area contributed by atoms with Gasteiger partial charge in [0.25, 0.3) is 0 Å². The van der Waals surface area contributed by atoms with Crippen LogP contribution in [0, 0.1) is 5.92 Å². The number of nitrogens with one attached hydrogen (secondary N) is 1. The number of benzene rings is 1. The van der Waals surface area contributed by atoms with E-state index in [1.165, 1.54) is 12.1 Å². The Morgan fingerprint density at radius 3 is 2.83 bits per heavy atom. The monoisotopic (exact) mass is 351 g/mol. The lowest BCUT2D eigenvalue weighted by Gasteiger charge is -2.37. The number of aromatic nitrogens is 1. The van der Waals surface area contributed by atoms with E-state index in [-0.39, 0.29) is 16.4 Å². The van der Waals surface area contributed by atoms with Gasteiger partial charge in [0.15, 0.2) is 0 Å². The van der Waals surface area contributed by atoms with Crippen molar-refractivity contribution in [2.45, 2.75) is 16.2 Å². The Morgan fingerprint density at radius 2 is 2.09 bits per heavy atom. The van der Waals surface area contributed by atoms with Crippen LogP contribution in [0.25, 0.3) is 0 Å². The van der Waals surface area contributed by atoms with Crippen LogP contribution in [0.5, 0.6) is 11.5 Å². The Hall–Kier alpha value is -2.26. The van der Waals surface area contributed by atoms with Crippen molar-refractivity contribution in [3.8, 4) is 11.5 Å². The van der Waals surface area contributed by atoms with Gasteiger partial charge in [-0.2, -0.15) is 0 Å². The van der Waals surface area contributed by atoms with E-state index in [0.29, 0.717) is 15.5 Å². The molecule has 0 radical (unpaired) electrons. The van der Waals surface area contributed by atoms with Crippen LogP contribution in [-0.4, -0.2) is 32.4 Å². The average molecular weight is 351 g/mol. The number of carboxylic acids is 1. The van der Waals surface area contributed by atoms with Gasteiger partial charge >= 0.3 is 16.8 Å². The molecule has 0 aliphatic carbocycles. The number of fused-ring (bicyclic) bond motifs is 5. The second kappa shape index (κ2) is 4.87. The molecule has 0 unspecified atom stereocenters. The maximum atomic E-state index is 12.4. The Balaban J connectivity index is 1.98. The van der Waals surface area contributed by atoms with Crippen molar-refractivity contribution in [2.75, 3.05) is 0 Å². The van der Waals surface area contributed by atoms with E-state index in [1.807, 2.05) is 0 Å².